The zero-order valence-electron chi connectivity index (χ0n) is 51.3. The zero-order valence-corrected chi connectivity index (χ0v) is 54.7. The summed E-state index contributed by atoms with van der Waals surface area (Å²) in [5.41, 5.74) is 26.3. The summed E-state index contributed by atoms with van der Waals surface area (Å²) in [7, 11) is 0. The first-order valence-corrected chi connectivity index (χ1v) is 32.0. The molecule has 12 rings (SSSR count). The Morgan fingerprint density at radius 2 is 1.02 bits per heavy atom. The summed E-state index contributed by atoms with van der Waals surface area (Å²) in [6.07, 6.45) is 13.3. The van der Waals surface area contributed by atoms with E-state index in [0.29, 0.717) is 70.9 Å². The predicted molar refractivity (Wildman–Crippen MR) is 372 cm³/mol. The van der Waals surface area contributed by atoms with Gasteiger partial charge < -0.3 is 35.9 Å². The number of pyridine rings is 2. The topological polar surface area (TPSA) is 226 Å². The van der Waals surface area contributed by atoms with Gasteiger partial charge in [-0.3, -0.25) is 38.7 Å². The lowest BCUT2D eigenvalue weighted by atomic mass is 9.89. The molecule has 4 aliphatic rings. The number of Topliss-reactive ketones (excluding diaryl/α,β-unsaturated/α-hetero) is 2. The van der Waals surface area contributed by atoms with Crippen molar-refractivity contribution in [3.8, 4) is 22.3 Å². The number of hydrogen-bond acceptors (Lipinski definition) is 11. The van der Waals surface area contributed by atoms with Crippen molar-refractivity contribution in [1.29, 1.82) is 0 Å². The van der Waals surface area contributed by atoms with Crippen LogP contribution in [0.3, 0.4) is 0 Å². The molecule has 3 amide bonds. The number of rotatable bonds is 14. The van der Waals surface area contributed by atoms with Crippen LogP contribution in [0, 0.1) is 13.8 Å². The summed E-state index contributed by atoms with van der Waals surface area (Å²) in [6, 6.07) is 35.0. The Morgan fingerprint density at radius 1 is 0.576 bits per heavy atom. The second kappa shape index (κ2) is 34.3. The van der Waals surface area contributed by atoms with Crippen molar-refractivity contribution in [3.63, 3.8) is 0 Å². The number of nitrogens with zero attached hydrogens (tertiary/aromatic N) is 5. The van der Waals surface area contributed by atoms with E-state index in [0.717, 1.165) is 65.0 Å². The Balaban J connectivity index is 0.000000234. The number of nitrogens with one attached hydrogen (secondary N) is 1. The van der Waals surface area contributed by atoms with Gasteiger partial charge in [0.1, 0.15) is 25.4 Å². The van der Waals surface area contributed by atoms with Crippen LogP contribution in [0.25, 0.3) is 44.1 Å². The third-order valence-electron chi connectivity index (χ3n) is 17.4. The summed E-state index contributed by atoms with van der Waals surface area (Å²) < 4.78 is 30.9. The molecular weight excluding hydrogens is 1250 g/mol. The van der Waals surface area contributed by atoms with Crippen LogP contribution < -0.4 is 16.8 Å². The molecule has 2 unspecified atom stereocenters. The van der Waals surface area contributed by atoms with E-state index in [2.05, 4.69) is 74.1 Å². The fourth-order valence-corrected chi connectivity index (χ4v) is 12.8. The van der Waals surface area contributed by atoms with Gasteiger partial charge in [-0.1, -0.05) is 68.1 Å². The molecule has 2 fully saturated rings. The number of alkyl halides is 2. The Kier molecular flexibility index (Phi) is 27.4. The Morgan fingerprint density at radius 3 is 1.51 bits per heavy atom. The molecule has 4 aromatic carbocycles. The quantitative estimate of drug-likeness (QED) is 0.0798. The normalized spacial score (nSPS) is 17.4. The van der Waals surface area contributed by atoms with Gasteiger partial charge in [0.25, 0.3) is 11.8 Å². The number of carboxylic acid groups (broad SMARTS) is 1. The summed E-state index contributed by atoms with van der Waals surface area (Å²) in [5.74, 6) is -2.42. The van der Waals surface area contributed by atoms with Crippen molar-refractivity contribution in [3.05, 3.63) is 178 Å². The highest BCUT2D eigenvalue weighted by atomic mass is 35.5. The van der Waals surface area contributed by atoms with Crippen LogP contribution in [-0.4, -0.2) is 102 Å². The smallest absolute Gasteiger partial charge is 0.323 e. The highest BCUT2D eigenvalue weighted by molar-refractivity contribution is 8.07. The number of hydrogen-bond donors (Lipinski definition) is 4. The number of likely N-dealkylation sites (tertiary alicyclic amines) is 1. The van der Waals surface area contributed by atoms with Crippen molar-refractivity contribution in [2.75, 3.05) is 13.1 Å². The van der Waals surface area contributed by atoms with E-state index in [-0.39, 0.29) is 102 Å². The number of amides is 3. The van der Waals surface area contributed by atoms with E-state index < -0.39 is 36.2 Å². The molecule has 6 N–H and O–H groups in total. The second-order valence-corrected chi connectivity index (χ2v) is 23.7. The molecule has 488 valence electrons. The lowest BCUT2D eigenvalue weighted by Gasteiger charge is -2.29. The number of nitrogens with two attached hydrogens (primary N) is 2. The number of carbonyl (C=O) groups excluding carboxylic acids is 5. The van der Waals surface area contributed by atoms with E-state index in [4.69, 9.17) is 16.6 Å². The van der Waals surface area contributed by atoms with E-state index in [1.165, 1.54) is 59.0 Å². The number of aryl methyl sites for hydroxylation is 6. The van der Waals surface area contributed by atoms with Gasteiger partial charge in [-0.05, 0) is 203 Å². The van der Waals surface area contributed by atoms with Gasteiger partial charge in [0.05, 0.1) is 36.1 Å². The predicted octanol–water partition coefficient (Wildman–Crippen LogP) is 12.0. The molecule has 2 aliphatic carbocycles. The molecule has 2 saturated heterocycles. The number of aromatic nitrogens is 4. The van der Waals surface area contributed by atoms with Gasteiger partial charge in [-0.2, -0.15) is 13.5 Å². The van der Waals surface area contributed by atoms with Crippen LogP contribution in [0.15, 0.2) is 122 Å². The third-order valence-corrected chi connectivity index (χ3v) is 17.4. The Bertz CT molecular complexity index is 3940. The molecule has 0 radical (unpaired) electrons. The molecule has 21 heteroatoms. The first-order chi connectivity index (χ1) is 42.9. The first-order valence-electron chi connectivity index (χ1n) is 30.6. The highest BCUT2D eigenvalue weighted by Gasteiger charge is 2.34. The van der Waals surface area contributed by atoms with Crippen LogP contribution in [-0.2, 0) is 93.2 Å². The summed E-state index contributed by atoms with van der Waals surface area (Å²) in [6.45, 7) is 4.21. The summed E-state index contributed by atoms with van der Waals surface area (Å²) in [5, 5.41) is 13.6. The fourth-order valence-electron chi connectivity index (χ4n) is 12.8. The number of primary amides is 2. The second-order valence-electron chi connectivity index (χ2n) is 23.7. The van der Waals surface area contributed by atoms with Crippen molar-refractivity contribution in [1.82, 2.24) is 29.3 Å². The van der Waals surface area contributed by atoms with Crippen LogP contribution in [0.2, 0.25) is 0 Å². The maximum absolute atomic E-state index is 14.5. The lowest BCUT2D eigenvalue weighted by molar-refractivity contribution is -0.139. The van der Waals surface area contributed by atoms with Gasteiger partial charge in [0, 0.05) is 85.9 Å². The molecule has 8 aromatic rings. The summed E-state index contributed by atoms with van der Waals surface area (Å²) >= 11 is 7.33. The minimum absolute atomic E-state index is 0. The molecule has 0 spiro atoms. The molecule has 4 atom stereocenters. The molecular formula is C71H83ClF2N8O7S3. The monoisotopic (exact) mass is 1330 g/mol. The molecule has 2 aliphatic heterocycles. The number of fused-ring (bicyclic) bond motifs is 4. The molecule has 0 bridgehead atoms. The first kappa shape index (κ1) is 73.4. The van der Waals surface area contributed by atoms with Gasteiger partial charge >= 0.3 is 5.97 Å². The minimum atomic E-state index is -1.07. The van der Waals surface area contributed by atoms with Gasteiger partial charge in [0.2, 0.25) is 5.91 Å². The number of ketones is 2. The van der Waals surface area contributed by atoms with Crippen molar-refractivity contribution < 1.29 is 42.7 Å². The van der Waals surface area contributed by atoms with Gasteiger partial charge in [0.15, 0.2) is 11.6 Å². The van der Waals surface area contributed by atoms with E-state index in [1.807, 2.05) is 80.6 Å². The van der Waals surface area contributed by atoms with Crippen molar-refractivity contribution in [2.24, 2.45) is 11.5 Å². The molecule has 6 heterocycles. The third kappa shape index (κ3) is 18.6. The average Bonchev–Trinajstić information content (AvgIpc) is 1.61. The Hall–Kier alpha value is -7.62. The highest BCUT2D eigenvalue weighted by Crippen LogP contribution is 2.34. The zero-order chi connectivity index (χ0) is 63.3. The van der Waals surface area contributed by atoms with Gasteiger partial charge in [-0.15, -0.1) is 12.4 Å². The maximum atomic E-state index is 14.5. The lowest BCUT2D eigenvalue weighted by Crippen LogP contribution is -2.46. The van der Waals surface area contributed by atoms with Crippen molar-refractivity contribution in [2.45, 2.75) is 162 Å². The molecule has 4 aromatic heterocycles. The van der Waals surface area contributed by atoms with E-state index >= 15 is 0 Å². The van der Waals surface area contributed by atoms with E-state index in [9.17, 15) is 37.5 Å². The number of halogens is 3. The largest absolute Gasteiger partial charge is 0.480 e. The van der Waals surface area contributed by atoms with Crippen LogP contribution in [0.4, 0.5) is 8.78 Å². The summed E-state index contributed by atoms with van der Waals surface area (Å²) in [4.78, 5) is 85.0. The average molecular weight is 1330 g/mol. The standard InChI is InChI=1S/C35H37FN4O3.C21H20N2O3.C14H19FN2O.CH4.ClH.S2.H2S/c1-22-5-4-8-28(38-22)19-33(41)32-14-12-27(36)15-16-40(32)34(42)21-39-20-30(35(37)43)29-18-26(11-13-31(29)39)25-10-9-23-6-2-3-7-24(23)17-25;22-21(26)18-11-23(12-20(24)25)19-8-7-16(10-17(18)19)15-6-5-13-3-1-2-4-14(13)9-15;1-10-3-2-4-12(17-10)9-14(18)13-6-5-11(15)7-8-16-13;;;1-2;/h4-5,8-11,13,17-18,20,27,32H,2-3,6-7,12,14-16,19,21H2,1H3,(H2,37,43);5-11H,1-4,12H2,(H2,22,26)(H,24,25);2-4,11,13,16H,5-9H2,1H3;1H4;1H;;1H2/t27?,32-;;11?,13-;;;;/m0.0..../s1. The molecule has 0 saturated carbocycles. The number of benzene rings is 4. The SMILES string of the molecule is C.Cc1cccc(CC(=O)[C@@H]2CCC(F)CCN2)n1.Cc1cccc(CC(=O)[C@@H]2CCC(F)CCN2C(=O)Cn2cc(C(N)=O)c3cc(-c4ccc5c(c4)CCCC5)ccc32)n1.Cl.NC(=O)c1cn(CC(=O)O)c2ccc(-c3ccc4c(c3)CCCC4)cc12.S.S=S. The fraction of sp³-hybridized carbons (Fsp3) is 0.380. The Labute approximate surface area is 560 Å². The molecule has 92 heavy (non-hydrogen) atoms. The molecule has 15 nitrogen and oxygen atoms in total. The van der Waals surface area contributed by atoms with E-state index in [1.54, 1.807) is 21.4 Å². The number of carbonyl (C=O) groups is 6. The van der Waals surface area contributed by atoms with Crippen LogP contribution in [0.5, 0.6) is 0 Å². The number of carboxylic acids is 1. The van der Waals surface area contributed by atoms with Gasteiger partial charge in [-0.25, -0.2) is 8.78 Å². The van der Waals surface area contributed by atoms with Crippen molar-refractivity contribution >= 4 is 105 Å². The maximum Gasteiger partial charge on any atom is 0.323 e. The minimum Gasteiger partial charge on any atom is -0.480 e. The number of aliphatic carboxylic acids is 1. The van der Waals surface area contributed by atoms with Crippen LogP contribution in [0.1, 0.15) is 137 Å². The van der Waals surface area contributed by atoms with Crippen LogP contribution >= 0.6 is 25.9 Å².